The number of hydrogen-bond donors (Lipinski definition) is 3. The second-order valence-corrected chi connectivity index (χ2v) is 12.8. The Labute approximate surface area is 320 Å². The van der Waals surface area contributed by atoms with Crippen LogP contribution in [0.1, 0.15) is 18.8 Å². The van der Waals surface area contributed by atoms with Crippen LogP contribution in [0, 0.1) is 27.0 Å². The van der Waals surface area contributed by atoms with E-state index in [-0.39, 0.29) is 31.4 Å². The van der Waals surface area contributed by atoms with Gasteiger partial charge in [-0.25, -0.2) is 9.97 Å². The Kier molecular flexibility index (Phi) is 13.5. The molecule has 6 aromatic rings. The maximum atomic E-state index is 13.0. The summed E-state index contributed by atoms with van der Waals surface area (Å²) < 4.78 is 3.18. The van der Waals surface area contributed by atoms with Crippen LogP contribution in [-0.4, -0.2) is 64.3 Å². The normalized spacial score (nSPS) is 10.3. The molecular formula is C37H38Cl2N10O5. The Balaban J connectivity index is 0.000000267. The standard InChI is InChI=1S/C18H16ClN5O2.C17H16ClN3O3.CH2N2.CH4/c1-10-5-6-12-17(26)11-7-8-13(19)16(23(3)4)15(11)24(18(12)21-10)9-14(25)22-20-2;1-9-4-5-11-16(24)10-6-7-12(18)15(20(2)3)14(10)21(8-13(22)23)17(11)19-9;1-3-2;/h5-8H,9H2,1,3-4H3,(H,22,25);4-7H,8H2,1-3H3,(H,22,23);2H2;1H4. The fourth-order valence-corrected chi connectivity index (χ4v) is 6.56. The van der Waals surface area contributed by atoms with E-state index in [1.165, 1.54) is 0 Å². The number of pyridine rings is 4. The van der Waals surface area contributed by atoms with Crippen molar-refractivity contribution in [2.75, 3.05) is 38.0 Å². The molecule has 0 radical (unpaired) electrons. The molecule has 0 fully saturated rings. The molecule has 0 saturated carbocycles. The molecule has 0 spiro atoms. The van der Waals surface area contributed by atoms with E-state index in [1.807, 2.05) is 21.0 Å². The molecule has 0 saturated heterocycles. The highest BCUT2D eigenvalue weighted by molar-refractivity contribution is 6.35. The third kappa shape index (κ3) is 8.28. The molecule has 6 rings (SSSR count). The van der Waals surface area contributed by atoms with Gasteiger partial charge in [-0.2, -0.15) is 23.1 Å². The monoisotopic (exact) mass is 772 g/mol. The van der Waals surface area contributed by atoms with Gasteiger partial charge in [0.15, 0.2) is 10.9 Å². The van der Waals surface area contributed by atoms with Crippen molar-refractivity contribution in [3.63, 3.8) is 0 Å². The van der Waals surface area contributed by atoms with Gasteiger partial charge in [0.2, 0.25) is 0 Å². The van der Waals surface area contributed by atoms with Gasteiger partial charge in [0.1, 0.15) is 24.4 Å². The molecule has 54 heavy (non-hydrogen) atoms. The number of aryl methyl sites for hydroxylation is 2. The van der Waals surface area contributed by atoms with Gasteiger partial charge in [0.25, 0.3) is 0 Å². The van der Waals surface area contributed by atoms with Gasteiger partial charge in [-0.3, -0.25) is 19.2 Å². The van der Waals surface area contributed by atoms with Crippen molar-refractivity contribution in [1.29, 1.82) is 0 Å². The third-order valence-electron chi connectivity index (χ3n) is 7.93. The number of nitrogens with two attached hydrogens (primary N) is 1. The van der Waals surface area contributed by atoms with Crippen LogP contribution >= 0.6 is 23.2 Å². The Morgan fingerprint density at radius 2 is 1.13 bits per heavy atom. The van der Waals surface area contributed by atoms with E-state index in [0.29, 0.717) is 76.7 Å². The second kappa shape index (κ2) is 17.4. The van der Waals surface area contributed by atoms with Crippen LogP contribution in [0.3, 0.4) is 0 Å². The zero-order valence-electron chi connectivity index (χ0n) is 29.5. The molecule has 4 aromatic heterocycles. The van der Waals surface area contributed by atoms with Crippen molar-refractivity contribution in [1.82, 2.24) is 24.5 Å². The summed E-state index contributed by atoms with van der Waals surface area (Å²) in [6.45, 7) is 15.6. The quantitative estimate of drug-likeness (QED) is 0.0835. The van der Waals surface area contributed by atoms with Crippen LogP contribution in [0.15, 0.2) is 58.1 Å². The van der Waals surface area contributed by atoms with Gasteiger partial charge in [0.05, 0.1) is 43.2 Å². The van der Waals surface area contributed by atoms with Gasteiger partial charge >= 0.3 is 11.9 Å². The van der Waals surface area contributed by atoms with Crippen LogP contribution < -0.4 is 31.9 Å². The summed E-state index contributed by atoms with van der Waals surface area (Å²) in [5.41, 5.74) is 6.07. The first-order chi connectivity index (χ1) is 25.1. The maximum Gasteiger partial charge on any atom is 0.323 e. The van der Waals surface area contributed by atoms with E-state index < -0.39 is 11.9 Å². The van der Waals surface area contributed by atoms with Crippen molar-refractivity contribution < 1.29 is 14.7 Å². The van der Waals surface area contributed by atoms with Gasteiger partial charge < -0.3 is 24.0 Å². The summed E-state index contributed by atoms with van der Waals surface area (Å²) in [4.78, 5) is 67.0. The lowest BCUT2D eigenvalue weighted by Gasteiger charge is -2.21. The average Bonchev–Trinajstić information content (AvgIpc) is 3.08. The molecule has 0 aliphatic carbocycles. The minimum absolute atomic E-state index is 0. The fraction of sp³-hybridized carbons (Fsp3) is 0.243. The lowest BCUT2D eigenvalue weighted by atomic mass is 10.1. The summed E-state index contributed by atoms with van der Waals surface area (Å²) in [7, 11) is 7.21. The molecule has 15 nitrogen and oxygen atoms in total. The highest BCUT2D eigenvalue weighted by atomic mass is 35.5. The number of aromatic nitrogens is 4. The van der Waals surface area contributed by atoms with Gasteiger partial charge in [-0.05, 0) is 62.4 Å². The largest absolute Gasteiger partial charge is 0.480 e. The number of carbonyl (C=O) groups is 2. The number of halogens is 2. The zero-order chi connectivity index (χ0) is 39.3. The smallest absolute Gasteiger partial charge is 0.323 e. The predicted octanol–water partition coefficient (Wildman–Crippen LogP) is 5.61. The number of benzene rings is 2. The Morgan fingerprint density at radius 3 is 1.48 bits per heavy atom. The third-order valence-corrected chi connectivity index (χ3v) is 8.54. The molecule has 0 aliphatic rings. The van der Waals surface area contributed by atoms with Crippen LogP contribution in [-0.2, 0) is 22.7 Å². The highest BCUT2D eigenvalue weighted by Crippen LogP contribution is 2.35. The number of nitrogens with zero attached hydrogens (tertiary/aromatic N) is 8. The number of amides is 1. The number of rotatable bonds is 6. The van der Waals surface area contributed by atoms with E-state index in [9.17, 15) is 24.3 Å². The maximum absolute atomic E-state index is 13.0. The zero-order valence-corrected chi connectivity index (χ0v) is 31.0. The Hall–Kier alpha value is -6.42. The van der Waals surface area contributed by atoms with E-state index in [4.69, 9.17) is 36.3 Å². The summed E-state index contributed by atoms with van der Waals surface area (Å²) in [6, 6.07) is 13.5. The molecule has 0 atom stereocenters. The molecule has 0 bridgehead atoms. The Bertz CT molecular complexity index is 2640. The van der Waals surface area contributed by atoms with Crippen molar-refractivity contribution in [2.24, 2.45) is 5.84 Å². The number of carboxylic acids is 1. The molecule has 2 aromatic carbocycles. The molecule has 4 heterocycles. The average molecular weight is 774 g/mol. The fourth-order valence-electron chi connectivity index (χ4n) is 5.91. The molecule has 17 heteroatoms. The summed E-state index contributed by atoms with van der Waals surface area (Å²) >= 11 is 12.7. The van der Waals surface area contributed by atoms with Crippen molar-refractivity contribution in [3.8, 4) is 0 Å². The van der Waals surface area contributed by atoms with E-state index in [0.717, 1.165) is 0 Å². The number of carboxylic acid groups (broad SMARTS) is 1. The van der Waals surface area contributed by atoms with Gasteiger partial charge in [0, 0.05) is 50.4 Å². The number of carbonyl (C=O) groups excluding carboxylic acids is 1. The van der Waals surface area contributed by atoms with Crippen LogP contribution in [0.2, 0.25) is 10.0 Å². The molecular weight excluding hydrogens is 735 g/mol. The minimum atomic E-state index is -1.02. The van der Waals surface area contributed by atoms with Gasteiger partial charge in [-0.15, -0.1) is 5.84 Å². The molecule has 1 amide bonds. The number of nitrogens with one attached hydrogen (secondary N) is 1. The lowest BCUT2D eigenvalue weighted by Crippen LogP contribution is -2.25. The number of aliphatic carboxylic acids is 1. The number of fused-ring (bicyclic) bond motifs is 4. The Morgan fingerprint density at radius 1 is 0.759 bits per heavy atom. The molecule has 280 valence electrons. The van der Waals surface area contributed by atoms with Crippen molar-refractivity contribution in [3.05, 3.63) is 113 Å². The first kappa shape index (κ1) is 42.0. The SMILES string of the molecule is C.Cc1ccc2c(=O)c3ccc(Cl)c(N(C)C)c3n(CC(=O)O)c2n1.[C-]#[N+]N.[C-]#[N+]NC(=O)Cn1c2nc(C)ccc2c(=O)c2ccc(Cl)c(N(C)C)c21. The predicted molar refractivity (Wildman–Crippen MR) is 215 cm³/mol. The molecule has 0 aliphatic heterocycles. The second-order valence-electron chi connectivity index (χ2n) is 12.0. The van der Waals surface area contributed by atoms with Crippen LogP contribution in [0.4, 0.5) is 11.4 Å². The lowest BCUT2D eigenvalue weighted by molar-refractivity contribution is -0.137. The van der Waals surface area contributed by atoms with E-state index >= 15 is 0 Å². The van der Waals surface area contributed by atoms with Crippen LogP contribution in [0.25, 0.3) is 53.8 Å². The summed E-state index contributed by atoms with van der Waals surface area (Å²) in [5.74, 6) is 2.62. The topological polar surface area (TPSA) is 177 Å². The van der Waals surface area contributed by atoms with Crippen molar-refractivity contribution >= 4 is 90.3 Å². The molecule has 4 N–H and O–H groups in total. The first-order valence-corrected chi connectivity index (χ1v) is 16.4. The van der Waals surface area contributed by atoms with Gasteiger partial charge in [-0.1, -0.05) is 36.1 Å². The highest BCUT2D eigenvalue weighted by Gasteiger charge is 2.22. The molecule has 0 unspecified atom stereocenters. The number of hydrogen-bond acceptors (Lipinski definition) is 9. The first-order valence-electron chi connectivity index (χ1n) is 15.6. The van der Waals surface area contributed by atoms with Crippen molar-refractivity contribution in [2.45, 2.75) is 34.4 Å². The minimum Gasteiger partial charge on any atom is -0.480 e. The number of anilines is 2. The summed E-state index contributed by atoms with van der Waals surface area (Å²) in [6.07, 6.45) is 0. The van der Waals surface area contributed by atoms with E-state index in [1.54, 1.807) is 88.5 Å². The summed E-state index contributed by atoms with van der Waals surface area (Å²) in [5, 5.41) is 11.9. The van der Waals surface area contributed by atoms with E-state index in [2.05, 4.69) is 31.1 Å². The van der Waals surface area contributed by atoms with Crippen LogP contribution in [0.5, 0.6) is 0 Å².